The molecule has 1 aromatic carbocycles. The van der Waals surface area contributed by atoms with Gasteiger partial charge >= 0.3 is 0 Å². The van der Waals surface area contributed by atoms with Crippen LogP contribution >= 0.6 is 0 Å². The van der Waals surface area contributed by atoms with Gasteiger partial charge in [0.15, 0.2) is 6.10 Å². The second kappa shape index (κ2) is 8.63. The molecule has 2 aliphatic rings. The molecule has 0 radical (unpaired) electrons. The standard InChI is InChI=1S/C19H27FN2O3/c1-15(25-17-6-2-5-16(20)13-17)19(23)22-9-4-8-21(10-11-22)14-18-7-3-12-24-18/h2,5-6,13,15,18H,3-4,7-12,14H2,1H3. The van der Waals surface area contributed by atoms with Gasteiger partial charge in [0.25, 0.3) is 5.91 Å². The third-order valence-electron chi connectivity index (χ3n) is 4.84. The molecule has 1 amide bonds. The average molecular weight is 350 g/mol. The van der Waals surface area contributed by atoms with Gasteiger partial charge in [0.1, 0.15) is 11.6 Å². The SMILES string of the molecule is CC(Oc1cccc(F)c1)C(=O)N1CCCN(CC2CCCO2)CC1. The Bertz CT molecular complexity index is 578. The zero-order chi connectivity index (χ0) is 17.6. The molecule has 0 aliphatic carbocycles. The number of ether oxygens (including phenoxy) is 2. The molecule has 3 rings (SSSR count). The van der Waals surface area contributed by atoms with Crippen LogP contribution in [0.1, 0.15) is 26.2 Å². The van der Waals surface area contributed by atoms with Gasteiger partial charge in [-0.1, -0.05) is 6.07 Å². The van der Waals surface area contributed by atoms with Crippen molar-refractivity contribution in [1.82, 2.24) is 9.80 Å². The summed E-state index contributed by atoms with van der Waals surface area (Å²) >= 11 is 0. The van der Waals surface area contributed by atoms with Gasteiger partial charge in [-0.3, -0.25) is 9.69 Å². The van der Waals surface area contributed by atoms with Crippen molar-refractivity contribution in [2.75, 3.05) is 39.3 Å². The predicted molar refractivity (Wildman–Crippen MR) is 93.1 cm³/mol. The van der Waals surface area contributed by atoms with Crippen molar-refractivity contribution in [3.63, 3.8) is 0 Å². The molecule has 138 valence electrons. The Morgan fingerprint density at radius 1 is 1.32 bits per heavy atom. The van der Waals surface area contributed by atoms with Crippen LogP contribution < -0.4 is 4.74 Å². The highest BCUT2D eigenvalue weighted by Gasteiger charge is 2.26. The van der Waals surface area contributed by atoms with Gasteiger partial charge in [-0.05, 0) is 44.9 Å². The maximum Gasteiger partial charge on any atom is 0.263 e. The average Bonchev–Trinajstić information content (AvgIpc) is 2.99. The quantitative estimate of drug-likeness (QED) is 0.817. The molecular formula is C19H27FN2O3. The van der Waals surface area contributed by atoms with Gasteiger partial charge in [0, 0.05) is 38.9 Å². The largest absolute Gasteiger partial charge is 0.481 e. The zero-order valence-corrected chi connectivity index (χ0v) is 14.8. The van der Waals surface area contributed by atoms with E-state index in [1.807, 2.05) is 4.90 Å². The highest BCUT2D eigenvalue weighted by molar-refractivity contribution is 5.81. The molecule has 25 heavy (non-hydrogen) atoms. The number of carbonyl (C=O) groups is 1. The predicted octanol–water partition coefficient (Wildman–Crippen LogP) is 2.31. The summed E-state index contributed by atoms with van der Waals surface area (Å²) in [5.41, 5.74) is 0. The van der Waals surface area contributed by atoms with E-state index in [2.05, 4.69) is 4.90 Å². The summed E-state index contributed by atoms with van der Waals surface area (Å²) in [5.74, 6) is -0.0180. The Morgan fingerprint density at radius 2 is 2.20 bits per heavy atom. The number of nitrogens with zero attached hydrogens (tertiary/aromatic N) is 2. The van der Waals surface area contributed by atoms with E-state index < -0.39 is 6.10 Å². The number of hydrogen-bond acceptors (Lipinski definition) is 4. The molecule has 2 unspecified atom stereocenters. The van der Waals surface area contributed by atoms with Crippen LogP contribution in [0.5, 0.6) is 5.75 Å². The van der Waals surface area contributed by atoms with E-state index in [0.717, 1.165) is 52.0 Å². The molecule has 0 spiro atoms. The lowest BCUT2D eigenvalue weighted by molar-refractivity contribution is -0.137. The number of halogens is 1. The minimum atomic E-state index is -0.619. The Kier molecular flexibility index (Phi) is 6.26. The van der Waals surface area contributed by atoms with Crippen molar-refractivity contribution < 1.29 is 18.7 Å². The van der Waals surface area contributed by atoms with Gasteiger partial charge in [-0.15, -0.1) is 0 Å². The van der Waals surface area contributed by atoms with E-state index in [1.54, 1.807) is 19.1 Å². The van der Waals surface area contributed by atoms with Crippen LogP contribution in [-0.2, 0) is 9.53 Å². The van der Waals surface area contributed by atoms with E-state index in [-0.39, 0.29) is 11.7 Å². The lowest BCUT2D eigenvalue weighted by Gasteiger charge is -2.26. The molecule has 0 N–H and O–H groups in total. The second-order valence-electron chi connectivity index (χ2n) is 6.83. The minimum Gasteiger partial charge on any atom is -0.481 e. The van der Waals surface area contributed by atoms with Crippen LogP contribution in [0, 0.1) is 5.82 Å². The van der Waals surface area contributed by atoms with E-state index >= 15 is 0 Å². The fraction of sp³-hybridized carbons (Fsp3) is 0.632. The molecule has 1 aromatic rings. The number of rotatable bonds is 5. The normalized spacial score (nSPS) is 23.3. The summed E-state index contributed by atoms with van der Waals surface area (Å²) in [6.45, 7) is 6.83. The van der Waals surface area contributed by atoms with E-state index in [9.17, 15) is 9.18 Å². The smallest absolute Gasteiger partial charge is 0.263 e. The van der Waals surface area contributed by atoms with Crippen LogP contribution in [0.2, 0.25) is 0 Å². The lowest BCUT2D eigenvalue weighted by Crippen LogP contribution is -2.43. The lowest BCUT2D eigenvalue weighted by atomic mass is 10.2. The summed E-state index contributed by atoms with van der Waals surface area (Å²) in [6, 6.07) is 5.90. The Morgan fingerprint density at radius 3 is 2.96 bits per heavy atom. The molecule has 5 nitrogen and oxygen atoms in total. The maximum absolute atomic E-state index is 13.2. The third kappa shape index (κ3) is 5.16. The summed E-state index contributed by atoms with van der Waals surface area (Å²) in [6.07, 6.45) is 2.96. The first-order valence-electron chi connectivity index (χ1n) is 9.17. The Labute approximate surface area is 148 Å². The molecule has 2 fully saturated rings. The number of hydrogen-bond donors (Lipinski definition) is 0. The van der Waals surface area contributed by atoms with Crippen LogP contribution in [0.4, 0.5) is 4.39 Å². The first kappa shape index (κ1) is 18.1. The molecular weight excluding hydrogens is 323 g/mol. The molecule has 2 heterocycles. The van der Waals surface area contributed by atoms with Crippen LogP contribution in [0.25, 0.3) is 0 Å². The van der Waals surface area contributed by atoms with Gasteiger partial charge in [0.2, 0.25) is 0 Å². The Hall–Kier alpha value is -1.66. The monoisotopic (exact) mass is 350 g/mol. The van der Waals surface area contributed by atoms with E-state index in [0.29, 0.717) is 18.4 Å². The zero-order valence-electron chi connectivity index (χ0n) is 14.8. The van der Waals surface area contributed by atoms with Crippen molar-refractivity contribution in [3.05, 3.63) is 30.1 Å². The topological polar surface area (TPSA) is 42.0 Å². The summed E-state index contributed by atoms with van der Waals surface area (Å²) in [7, 11) is 0. The van der Waals surface area contributed by atoms with Gasteiger partial charge in [-0.25, -0.2) is 4.39 Å². The van der Waals surface area contributed by atoms with Crippen molar-refractivity contribution in [3.8, 4) is 5.75 Å². The molecule has 2 saturated heterocycles. The van der Waals surface area contributed by atoms with E-state index in [1.165, 1.54) is 12.1 Å². The van der Waals surface area contributed by atoms with Gasteiger partial charge in [0.05, 0.1) is 6.10 Å². The maximum atomic E-state index is 13.2. The van der Waals surface area contributed by atoms with Gasteiger partial charge in [-0.2, -0.15) is 0 Å². The van der Waals surface area contributed by atoms with Crippen molar-refractivity contribution >= 4 is 5.91 Å². The first-order valence-corrected chi connectivity index (χ1v) is 9.17. The van der Waals surface area contributed by atoms with Crippen LogP contribution in [0.3, 0.4) is 0 Å². The summed E-state index contributed by atoms with van der Waals surface area (Å²) < 4.78 is 24.6. The molecule has 0 bridgehead atoms. The molecule has 0 saturated carbocycles. The molecule has 6 heteroatoms. The van der Waals surface area contributed by atoms with Gasteiger partial charge < -0.3 is 14.4 Å². The fourth-order valence-corrected chi connectivity index (χ4v) is 3.50. The molecule has 0 aromatic heterocycles. The number of benzene rings is 1. The van der Waals surface area contributed by atoms with Crippen molar-refractivity contribution in [2.24, 2.45) is 0 Å². The molecule has 2 atom stereocenters. The third-order valence-corrected chi connectivity index (χ3v) is 4.84. The highest BCUT2D eigenvalue weighted by Crippen LogP contribution is 2.17. The highest BCUT2D eigenvalue weighted by atomic mass is 19.1. The summed E-state index contributed by atoms with van der Waals surface area (Å²) in [4.78, 5) is 16.9. The second-order valence-corrected chi connectivity index (χ2v) is 6.83. The first-order chi connectivity index (χ1) is 12.1. The van der Waals surface area contributed by atoms with Crippen molar-refractivity contribution in [2.45, 2.75) is 38.4 Å². The fourth-order valence-electron chi connectivity index (χ4n) is 3.50. The minimum absolute atomic E-state index is 0.0387. The van der Waals surface area contributed by atoms with Crippen LogP contribution in [-0.4, -0.2) is 67.2 Å². The number of amides is 1. The Balaban J connectivity index is 1.49. The van der Waals surface area contributed by atoms with Crippen molar-refractivity contribution in [1.29, 1.82) is 0 Å². The summed E-state index contributed by atoms with van der Waals surface area (Å²) in [5, 5.41) is 0. The molecule has 2 aliphatic heterocycles. The van der Waals surface area contributed by atoms with Crippen LogP contribution in [0.15, 0.2) is 24.3 Å². The number of carbonyl (C=O) groups excluding carboxylic acids is 1. The van der Waals surface area contributed by atoms with E-state index in [4.69, 9.17) is 9.47 Å².